The average Bonchev–Trinajstić information content (AvgIpc) is 2.73. The fourth-order valence-electron chi connectivity index (χ4n) is 3.33. The third-order valence-corrected chi connectivity index (χ3v) is 4.86. The maximum Gasteiger partial charge on any atom is 0.226 e. The van der Waals surface area contributed by atoms with E-state index in [1.807, 2.05) is 18.2 Å². The maximum absolute atomic E-state index is 12.6. The van der Waals surface area contributed by atoms with Gasteiger partial charge in [0.1, 0.15) is 11.5 Å². The summed E-state index contributed by atoms with van der Waals surface area (Å²) in [4.78, 5) is 26.7. The van der Waals surface area contributed by atoms with Gasteiger partial charge >= 0.3 is 0 Å². The lowest BCUT2D eigenvalue weighted by molar-refractivity contribution is -0.117. The molecule has 0 aliphatic rings. The summed E-state index contributed by atoms with van der Waals surface area (Å²) in [5, 5.41) is 2.86. The number of ether oxygens (including phenoxy) is 2. The Bertz CT molecular complexity index is 842. The molecule has 1 N–H and O–H groups in total. The van der Waals surface area contributed by atoms with Gasteiger partial charge in [0.05, 0.1) is 19.9 Å². The van der Waals surface area contributed by atoms with E-state index in [0.717, 1.165) is 29.7 Å². The van der Waals surface area contributed by atoms with Crippen molar-refractivity contribution in [1.29, 1.82) is 0 Å². The van der Waals surface area contributed by atoms with Gasteiger partial charge < -0.3 is 19.7 Å². The van der Waals surface area contributed by atoms with Crippen molar-refractivity contribution < 1.29 is 19.1 Å². The van der Waals surface area contributed by atoms with Crippen molar-refractivity contribution in [3.05, 3.63) is 47.5 Å². The van der Waals surface area contributed by atoms with Gasteiger partial charge in [0.25, 0.3) is 0 Å². The summed E-state index contributed by atoms with van der Waals surface area (Å²) in [5.41, 5.74) is 3.68. The highest BCUT2D eigenvalue weighted by Crippen LogP contribution is 2.30. The number of nitrogens with zero attached hydrogens (tertiary/aromatic N) is 1. The zero-order valence-electron chi connectivity index (χ0n) is 17.9. The zero-order valence-corrected chi connectivity index (χ0v) is 17.9. The number of hydrogen-bond donors (Lipinski definition) is 1. The Morgan fingerprint density at radius 1 is 1.00 bits per heavy atom. The molecule has 6 heteroatoms. The number of para-hydroxylation sites is 1. The zero-order chi connectivity index (χ0) is 21.4. The van der Waals surface area contributed by atoms with Crippen molar-refractivity contribution in [2.45, 2.75) is 40.0 Å². The molecule has 0 saturated heterocycles. The van der Waals surface area contributed by atoms with Crippen LogP contribution in [0.4, 0.5) is 11.4 Å². The van der Waals surface area contributed by atoms with Crippen molar-refractivity contribution in [2.75, 3.05) is 31.0 Å². The molecule has 0 radical (unpaired) electrons. The van der Waals surface area contributed by atoms with Crippen molar-refractivity contribution in [3.63, 3.8) is 0 Å². The van der Waals surface area contributed by atoms with Crippen LogP contribution < -0.4 is 19.7 Å². The van der Waals surface area contributed by atoms with E-state index in [4.69, 9.17) is 9.47 Å². The molecule has 2 aromatic rings. The predicted molar refractivity (Wildman–Crippen MR) is 116 cm³/mol. The first-order valence-corrected chi connectivity index (χ1v) is 9.85. The Labute approximate surface area is 172 Å². The predicted octanol–water partition coefficient (Wildman–Crippen LogP) is 4.21. The van der Waals surface area contributed by atoms with Gasteiger partial charge in [-0.05, 0) is 36.1 Å². The lowest BCUT2D eigenvalue weighted by Gasteiger charge is -2.26. The molecule has 0 aliphatic carbocycles. The number of carbonyl (C=O) groups excluding carboxylic acids is 2. The molecule has 0 aliphatic heterocycles. The van der Waals surface area contributed by atoms with Crippen molar-refractivity contribution in [2.24, 2.45) is 0 Å². The SMILES string of the molecule is CCc1cccc(CC)c1N(CCC(=O)Nc1cc(OC)ccc1OC)C(C)=O. The highest BCUT2D eigenvalue weighted by Gasteiger charge is 2.19. The second-order valence-corrected chi connectivity index (χ2v) is 6.67. The van der Waals surface area contributed by atoms with Gasteiger partial charge in [0, 0.05) is 31.6 Å². The molecular formula is C23H30N2O4. The quantitative estimate of drug-likeness (QED) is 0.687. The minimum Gasteiger partial charge on any atom is -0.497 e. The van der Waals surface area contributed by atoms with Crippen LogP contribution in [0.1, 0.15) is 38.3 Å². The van der Waals surface area contributed by atoms with Crippen LogP contribution in [0.5, 0.6) is 11.5 Å². The van der Waals surface area contributed by atoms with Crippen LogP contribution in [-0.2, 0) is 22.4 Å². The maximum atomic E-state index is 12.6. The molecule has 29 heavy (non-hydrogen) atoms. The van der Waals surface area contributed by atoms with Crippen molar-refractivity contribution in [1.82, 2.24) is 0 Å². The summed E-state index contributed by atoms with van der Waals surface area (Å²) in [7, 11) is 3.11. The number of methoxy groups -OCH3 is 2. The first-order chi connectivity index (χ1) is 13.9. The number of hydrogen-bond acceptors (Lipinski definition) is 4. The van der Waals surface area contributed by atoms with E-state index in [9.17, 15) is 9.59 Å². The minimum atomic E-state index is -0.199. The Hall–Kier alpha value is -3.02. The van der Waals surface area contributed by atoms with Gasteiger partial charge in [-0.2, -0.15) is 0 Å². The highest BCUT2D eigenvalue weighted by molar-refractivity contribution is 5.96. The third-order valence-electron chi connectivity index (χ3n) is 4.86. The Morgan fingerprint density at radius 2 is 1.66 bits per heavy atom. The second-order valence-electron chi connectivity index (χ2n) is 6.67. The number of aryl methyl sites for hydroxylation is 2. The molecule has 0 aromatic heterocycles. The Balaban J connectivity index is 2.19. The molecule has 0 saturated carbocycles. The molecule has 0 unspecified atom stereocenters. The number of rotatable bonds is 9. The lowest BCUT2D eigenvalue weighted by Crippen LogP contribution is -2.33. The first-order valence-electron chi connectivity index (χ1n) is 9.85. The van der Waals surface area contributed by atoms with Crippen LogP contribution in [-0.4, -0.2) is 32.6 Å². The van der Waals surface area contributed by atoms with E-state index in [0.29, 0.717) is 23.7 Å². The standard InChI is InChI=1S/C23H30N2O4/c1-6-17-9-8-10-18(7-2)23(17)25(16(3)26)14-13-22(27)24-20-15-19(28-4)11-12-21(20)29-5/h8-12,15H,6-7,13-14H2,1-5H3,(H,24,27). The summed E-state index contributed by atoms with van der Waals surface area (Å²) in [6.07, 6.45) is 1.81. The van der Waals surface area contributed by atoms with Crippen LogP contribution in [0.15, 0.2) is 36.4 Å². The van der Waals surface area contributed by atoms with Gasteiger partial charge in [-0.1, -0.05) is 32.0 Å². The second kappa shape index (κ2) is 10.5. The number of carbonyl (C=O) groups is 2. The Kier molecular flexibility index (Phi) is 8.07. The van der Waals surface area contributed by atoms with Gasteiger partial charge in [-0.3, -0.25) is 9.59 Å². The molecule has 6 nitrogen and oxygen atoms in total. The van der Waals surface area contributed by atoms with E-state index >= 15 is 0 Å². The number of anilines is 2. The fraction of sp³-hybridized carbons (Fsp3) is 0.391. The molecule has 0 bridgehead atoms. The molecule has 2 aromatic carbocycles. The number of benzene rings is 2. The van der Waals surface area contributed by atoms with E-state index < -0.39 is 0 Å². The van der Waals surface area contributed by atoms with Gasteiger partial charge in [-0.25, -0.2) is 0 Å². The van der Waals surface area contributed by atoms with Crippen LogP contribution >= 0.6 is 0 Å². The molecular weight excluding hydrogens is 368 g/mol. The summed E-state index contributed by atoms with van der Waals surface area (Å²) >= 11 is 0. The fourth-order valence-corrected chi connectivity index (χ4v) is 3.33. The van der Waals surface area contributed by atoms with Crippen LogP contribution in [0.2, 0.25) is 0 Å². The molecule has 2 amide bonds. The molecule has 0 atom stereocenters. The number of amides is 2. The summed E-state index contributed by atoms with van der Waals surface area (Å²) < 4.78 is 10.5. The van der Waals surface area contributed by atoms with E-state index in [-0.39, 0.29) is 18.2 Å². The minimum absolute atomic E-state index is 0.0765. The van der Waals surface area contributed by atoms with Gasteiger partial charge in [0.15, 0.2) is 0 Å². The van der Waals surface area contributed by atoms with Crippen LogP contribution in [0.3, 0.4) is 0 Å². The highest BCUT2D eigenvalue weighted by atomic mass is 16.5. The van der Waals surface area contributed by atoms with Crippen molar-refractivity contribution >= 4 is 23.2 Å². The third kappa shape index (κ3) is 5.50. The van der Waals surface area contributed by atoms with E-state index in [1.165, 1.54) is 6.92 Å². The normalized spacial score (nSPS) is 10.4. The monoisotopic (exact) mass is 398 g/mol. The van der Waals surface area contributed by atoms with Crippen molar-refractivity contribution in [3.8, 4) is 11.5 Å². The first kappa shape index (κ1) is 22.3. The Morgan fingerprint density at radius 3 is 2.17 bits per heavy atom. The van der Waals surface area contributed by atoms with Gasteiger partial charge in [0.2, 0.25) is 11.8 Å². The summed E-state index contributed by atoms with van der Waals surface area (Å²) in [5.74, 6) is 0.894. The summed E-state index contributed by atoms with van der Waals surface area (Å²) in [6.45, 7) is 5.98. The van der Waals surface area contributed by atoms with E-state index in [1.54, 1.807) is 37.3 Å². The molecule has 0 spiro atoms. The smallest absolute Gasteiger partial charge is 0.226 e. The molecule has 0 fully saturated rings. The lowest BCUT2D eigenvalue weighted by atomic mass is 10.0. The van der Waals surface area contributed by atoms with Crippen LogP contribution in [0.25, 0.3) is 0 Å². The largest absolute Gasteiger partial charge is 0.497 e. The van der Waals surface area contributed by atoms with E-state index in [2.05, 4.69) is 19.2 Å². The average molecular weight is 399 g/mol. The molecule has 0 heterocycles. The molecule has 2 rings (SSSR count). The topological polar surface area (TPSA) is 67.9 Å². The molecule has 156 valence electrons. The summed E-state index contributed by atoms with van der Waals surface area (Å²) in [6, 6.07) is 11.3. The van der Waals surface area contributed by atoms with Gasteiger partial charge in [-0.15, -0.1) is 0 Å². The van der Waals surface area contributed by atoms with Crippen LogP contribution in [0, 0.1) is 0 Å². The number of nitrogens with one attached hydrogen (secondary N) is 1.